The van der Waals surface area contributed by atoms with Gasteiger partial charge in [0.05, 0.1) is 7.11 Å². The summed E-state index contributed by atoms with van der Waals surface area (Å²) in [6.07, 6.45) is 1.48. The van der Waals surface area contributed by atoms with Crippen LogP contribution in [0, 0.1) is 0 Å². The molecule has 3 heterocycles. The van der Waals surface area contributed by atoms with Crippen molar-refractivity contribution in [2.45, 2.75) is 39.8 Å². The zero-order chi connectivity index (χ0) is 25.8. The highest BCUT2D eigenvalue weighted by atomic mass is 16.5. The van der Waals surface area contributed by atoms with Crippen molar-refractivity contribution < 1.29 is 14.3 Å². The fourth-order valence-corrected chi connectivity index (χ4v) is 3.98. The molecule has 0 spiro atoms. The summed E-state index contributed by atoms with van der Waals surface area (Å²) in [5.74, 6) is 1.06. The van der Waals surface area contributed by atoms with Gasteiger partial charge in [-0.3, -0.25) is 23.8 Å². The summed E-state index contributed by atoms with van der Waals surface area (Å²) in [7, 11) is 3.29. The van der Waals surface area contributed by atoms with Crippen LogP contribution in [0.2, 0.25) is 0 Å². The maximum Gasteiger partial charge on any atom is 0.330 e. The van der Waals surface area contributed by atoms with Gasteiger partial charge in [-0.05, 0) is 37.1 Å². The number of ether oxygens (including phenoxy) is 2. The van der Waals surface area contributed by atoms with Gasteiger partial charge in [0, 0.05) is 31.9 Å². The average Bonchev–Trinajstić information content (AvgIpc) is 3.41. The highest BCUT2D eigenvalue weighted by Gasteiger charge is 2.22. The van der Waals surface area contributed by atoms with Gasteiger partial charge >= 0.3 is 5.69 Å². The van der Waals surface area contributed by atoms with E-state index in [1.54, 1.807) is 53.7 Å². The minimum atomic E-state index is -0.535. The second-order valence-corrected chi connectivity index (χ2v) is 8.23. The standard InChI is InChI=1S/C24H29N7O5/c1-5-11-30-21(26-20-22(33)27-24(34)31(12-6-2)23(20)30)17-13-19(28-29(17)3)36-14-18(32)25-15-7-9-16(35-4)10-8-15/h7-10,13H,5-6,11-12,14H2,1-4H3,(H,25,32)(H,27,33,34). The number of nitrogens with zero attached hydrogens (tertiary/aromatic N) is 5. The molecule has 0 bridgehead atoms. The van der Waals surface area contributed by atoms with Gasteiger partial charge in [-0.1, -0.05) is 13.8 Å². The Balaban J connectivity index is 1.61. The average molecular weight is 496 g/mol. The first-order valence-electron chi connectivity index (χ1n) is 11.7. The molecular weight excluding hydrogens is 466 g/mol. The van der Waals surface area contributed by atoms with Gasteiger partial charge in [-0.2, -0.15) is 0 Å². The number of aromatic amines is 1. The molecule has 0 radical (unpaired) electrons. The molecule has 0 fully saturated rings. The molecule has 4 rings (SSSR count). The first-order chi connectivity index (χ1) is 17.4. The number of amides is 1. The minimum absolute atomic E-state index is 0.189. The number of rotatable bonds is 10. The number of hydrogen-bond donors (Lipinski definition) is 2. The smallest absolute Gasteiger partial charge is 0.330 e. The van der Waals surface area contributed by atoms with Crippen molar-refractivity contribution in [3.63, 3.8) is 0 Å². The SMILES string of the molecule is CCCn1c(-c2cc(OCC(=O)Nc3ccc(OC)cc3)nn2C)nc2c(=O)[nH]c(=O)n(CCC)c21. The van der Waals surface area contributed by atoms with Crippen LogP contribution in [0.25, 0.3) is 22.7 Å². The summed E-state index contributed by atoms with van der Waals surface area (Å²) in [5, 5.41) is 7.10. The van der Waals surface area contributed by atoms with Crippen LogP contribution in [-0.4, -0.2) is 48.5 Å². The monoisotopic (exact) mass is 495 g/mol. The summed E-state index contributed by atoms with van der Waals surface area (Å²) < 4.78 is 15.7. The molecule has 1 aromatic carbocycles. The van der Waals surface area contributed by atoms with Crippen LogP contribution >= 0.6 is 0 Å². The van der Waals surface area contributed by atoms with E-state index < -0.39 is 11.2 Å². The van der Waals surface area contributed by atoms with Crippen molar-refractivity contribution >= 4 is 22.8 Å². The number of fused-ring (bicyclic) bond motifs is 1. The number of benzene rings is 1. The lowest BCUT2D eigenvalue weighted by Gasteiger charge is -2.11. The second kappa shape index (κ2) is 10.5. The Morgan fingerprint density at radius 3 is 2.44 bits per heavy atom. The number of hydrogen-bond acceptors (Lipinski definition) is 7. The summed E-state index contributed by atoms with van der Waals surface area (Å²) in [4.78, 5) is 44.4. The van der Waals surface area contributed by atoms with Crippen molar-refractivity contribution in [3.8, 4) is 23.1 Å². The van der Waals surface area contributed by atoms with E-state index in [9.17, 15) is 14.4 Å². The van der Waals surface area contributed by atoms with Crippen LogP contribution in [0.4, 0.5) is 5.69 Å². The fraction of sp³-hybridized carbons (Fsp3) is 0.375. The highest BCUT2D eigenvalue weighted by Crippen LogP contribution is 2.26. The molecule has 1 amide bonds. The number of carbonyl (C=O) groups is 1. The largest absolute Gasteiger partial charge is 0.497 e. The van der Waals surface area contributed by atoms with Gasteiger partial charge in [-0.25, -0.2) is 9.78 Å². The fourth-order valence-electron chi connectivity index (χ4n) is 3.98. The van der Waals surface area contributed by atoms with Crippen LogP contribution in [0.1, 0.15) is 26.7 Å². The zero-order valence-electron chi connectivity index (χ0n) is 20.7. The molecule has 36 heavy (non-hydrogen) atoms. The Hall–Kier alpha value is -4.35. The molecule has 12 heteroatoms. The van der Waals surface area contributed by atoms with Crippen LogP contribution < -0.4 is 26.0 Å². The Morgan fingerprint density at radius 1 is 1.08 bits per heavy atom. The minimum Gasteiger partial charge on any atom is -0.497 e. The predicted molar refractivity (Wildman–Crippen MR) is 135 cm³/mol. The lowest BCUT2D eigenvalue weighted by molar-refractivity contribution is -0.118. The number of imidazole rings is 1. The van der Waals surface area contributed by atoms with E-state index in [-0.39, 0.29) is 23.9 Å². The molecule has 4 aromatic rings. The lowest BCUT2D eigenvalue weighted by Crippen LogP contribution is -2.31. The topological polar surface area (TPSA) is 138 Å². The van der Waals surface area contributed by atoms with Crippen LogP contribution in [0.3, 0.4) is 0 Å². The molecule has 3 aromatic heterocycles. The molecule has 0 aliphatic carbocycles. The highest BCUT2D eigenvalue weighted by molar-refractivity contribution is 5.91. The Labute approximate surface area is 206 Å². The van der Waals surface area contributed by atoms with E-state index in [2.05, 4.69) is 20.4 Å². The third kappa shape index (κ3) is 4.88. The Kier molecular flexibility index (Phi) is 7.23. The number of aromatic nitrogens is 6. The van der Waals surface area contributed by atoms with Crippen LogP contribution in [0.5, 0.6) is 11.6 Å². The van der Waals surface area contributed by atoms with Gasteiger partial charge in [0.15, 0.2) is 23.6 Å². The number of aryl methyl sites for hydroxylation is 3. The number of H-pyrrole nitrogens is 1. The van der Waals surface area contributed by atoms with Crippen LogP contribution in [0.15, 0.2) is 39.9 Å². The van der Waals surface area contributed by atoms with Gasteiger partial charge in [-0.15, -0.1) is 5.10 Å². The van der Waals surface area contributed by atoms with E-state index in [0.29, 0.717) is 41.7 Å². The molecule has 0 unspecified atom stereocenters. The van der Waals surface area contributed by atoms with Gasteiger partial charge < -0.3 is 19.4 Å². The van der Waals surface area contributed by atoms with Crippen molar-refractivity contribution in [2.75, 3.05) is 19.0 Å². The van der Waals surface area contributed by atoms with Crippen molar-refractivity contribution in [2.24, 2.45) is 7.05 Å². The zero-order valence-corrected chi connectivity index (χ0v) is 20.7. The van der Waals surface area contributed by atoms with E-state index in [1.807, 2.05) is 18.4 Å². The number of methoxy groups -OCH3 is 1. The van der Waals surface area contributed by atoms with Gasteiger partial charge in [0.2, 0.25) is 5.88 Å². The Bertz CT molecular complexity index is 1490. The summed E-state index contributed by atoms with van der Waals surface area (Å²) in [5.41, 5.74) is 0.865. The molecule has 2 N–H and O–H groups in total. The second-order valence-electron chi connectivity index (χ2n) is 8.23. The first kappa shape index (κ1) is 24.8. The van der Waals surface area contributed by atoms with E-state index in [1.165, 1.54) is 0 Å². The normalized spacial score (nSPS) is 11.1. The predicted octanol–water partition coefficient (Wildman–Crippen LogP) is 2.13. The number of nitrogens with one attached hydrogen (secondary N) is 2. The first-order valence-corrected chi connectivity index (χ1v) is 11.7. The molecule has 0 saturated heterocycles. The quantitative estimate of drug-likeness (QED) is 0.344. The maximum atomic E-state index is 12.6. The Morgan fingerprint density at radius 2 is 1.78 bits per heavy atom. The van der Waals surface area contributed by atoms with Crippen molar-refractivity contribution in [1.29, 1.82) is 0 Å². The molecular formula is C24H29N7O5. The molecule has 0 atom stereocenters. The van der Waals surface area contributed by atoms with Crippen LogP contribution in [-0.2, 0) is 24.9 Å². The molecule has 12 nitrogen and oxygen atoms in total. The summed E-state index contributed by atoms with van der Waals surface area (Å²) in [6, 6.07) is 8.61. The molecule has 0 saturated carbocycles. The van der Waals surface area contributed by atoms with Crippen molar-refractivity contribution in [1.82, 2.24) is 28.9 Å². The molecule has 0 aliphatic rings. The maximum absolute atomic E-state index is 12.6. The lowest BCUT2D eigenvalue weighted by atomic mass is 10.3. The molecule has 190 valence electrons. The molecule has 0 aliphatic heterocycles. The third-order valence-corrected chi connectivity index (χ3v) is 5.58. The van der Waals surface area contributed by atoms with Gasteiger partial charge in [0.25, 0.3) is 11.5 Å². The van der Waals surface area contributed by atoms with E-state index >= 15 is 0 Å². The number of carbonyl (C=O) groups excluding carboxylic acids is 1. The summed E-state index contributed by atoms with van der Waals surface area (Å²) in [6.45, 7) is 4.71. The van der Waals surface area contributed by atoms with Crippen molar-refractivity contribution in [3.05, 3.63) is 51.2 Å². The number of anilines is 1. The summed E-state index contributed by atoms with van der Waals surface area (Å²) >= 11 is 0. The van der Waals surface area contributed by atoms with E-state index in [0.717, 1.165) is 12.8 Å². The van der Waals surface area contributed by atoms with Gasteiger partial charge in [0.1, 0.15) is 11.4 Å². The van der Waals surface area contributed by atoms with E-state index in [4.69, 9.17) is 9.47 Å². The third-order valence-electron chi connectivity index (χ3n) is 5.58.